The van der Waals surface area contributed by atoms with Crippen LogP contribution in [0.3, 0.4) is 0 Å². The van der Waals surface area contributed by atoms with Crippen molar-refractivity contribution < 1.29 is 40.6 Å². The molecule has 1 saturated heterocycles. The van der Waals surface area contributed by atoms with E-state index in [0.29, 0.717) is 37.5 Å². The number of rotatable bonds is 12. The maximum absolute atomic E-state index is 14.5. The Kier molecular flexibility index (Phi) is 9.96. The monoisotopic (exact) mass is 587 g/mol. The predicted molar refractivity (Wildman–Crippen MR) is 145 cm³/mol. The third-order valence-corrected chi connectivity index (χ3v) is 7.42. The van der Waals surface area contributed by atoms with Crippen molar-refractivity contribution in [3.8, 4) is 5.75 Å². The van der Waals surface area contributed by atoms with Crippen LogP contribution in [0.4, 0.5) is 31.1 Å². The summed E-state index contributed by atoms with van der Waals surface area (Å²) >= 11 is 0. The van der Waals surface area contributed by atoms with Gasteiger partial charge in [-0.25, -0.2) is 4.79 Å². The third-order valence-electron chi connectivity index (χ3n) is 7.42. The number of amides is 1. The molecule has 0 bridgehead atoms. The molecular weight excluding hydrogens is 548 g/mol. The van der Waals surface area contributed by atoms with Crippen LogP contribution < -0.4 is 10.1 Å². The Bertz CT molecular complexity index is 1130. The first-order valence-electron chi connectivity index (χ1n) is 13.9. The van der Waals surface area contributed by atoms with Crippen molar-refractivity contribution in [1.29, 1.82) is 0 Å². The van der Waals surface area contributed by atoms with Crippen molar-refractivity contribution in [2.75, 3.05) is 13.2 Å². The second-order valence-corrected chi connectivity index (χ2v) is 12.3. The van der Waals surface area contributed by atoms with Gasteiger partial charge in [0.25, 0.3) is 0 Å². The summed E-state index contributed by atoms with van der Waals surface area (Å²) in [4.78, 5) is 11.2. The van der Waals surface area contributed by atoms with E-state index in [2.05, 4.69) is 33.0 Å². The first kappa shape index (κ1) is 32.6. The summed E-state index contributed by atoms with van der Waals surface area (Å²) in [6.45, 7) is 11.2. The molecule has 3 rings (SSSR count). The Morgan fingerprint density at radius 3 is 1.88 bits per heavy atom. The lowest BCUT2D eigenvalue weighted by Gasteiger charge is -2.38. The number of hydrogen-bond acceptors (Lipinski definition) is 3. The van der Waals surface area contributed by atoms with Gasteiger partial charge >= 0.3 is 18.4 Å². The van der Waals surface area contributed by atoms with Gasteiger partial charge < -0.3 is 14.8 Å². The van der Waals surface area contributed by atoms with E-state index in [-0.39, 0.29) is 17.1 Å². The number of nitrogens with one attached hydrogen (secondary N) is 1. The van der Waals surface area contributed by atoms with Crippen LogP contribution in [0.25, 0.3) is 0 Å². The largest absolute Gasteiger partial charge is 0.493 e. The predicted octanol–water partition coefficient (Wildman–Crippen LogP) is 8.62. The molecule has 0 aromatic heterocycles. The van der Waals surface area contributed by atoms with Crippen molar-refractivity contribution in [3.05, 3.63) is 65.2 Å². The molecular formula is C31H39F6NO3. The zero-order valence-electron chi connectivity index (χ0n) is 24.1. The van der Waals surface area contributed by atoms with Crippen LogP contribution in [0.2, 0.25) is 0 Å². The van der Waals surface area contributed by atoms with Crippen LogP contribution >= 0.6 is 0 Å². The van der Waals surface area contributed by atoms with Crippen LogP contribution in [0, 0.1) is 17.3 Å². The van der Waals surface area contributed by atoms with Gasteiger partial charge in [0.15, 0.2) is 0 Å². The Labute approximate surface area is 237 Å². The highest BCUT2D eigenvalue weighted by Crippen LogP contribution is 2.56. The molecule has 1 aliphatic heterocycles. The number of carbonyl (C=O) groups excluding carboxylic acids is 1. The molecule has 0 radical (unpaired) electrons. The number of halogens is 6. The van der Waals surface area contributed by atoms with Gasteiger partial charge in [0.05, 0.1) is 13.2 Å². The first-order chi connectivity index (χ1) is 18.9. The van der Waals surface area contributed by atoms with Crippen LogP contribution in [0.5, 0.6) is 5.75 Å². The molecule has 2 atom stereocenters. The summed E-state index contributed by atoms with van der Waals surface area (Å²) in [5, 5.41) is 2.50. The number of hydrogen-bond donors (Lipinski definition) is 1. The van der Waals surface area contributed by atoms with Gasteiger partial charge in [-0.2, -0.15) is 26.3 Å². The number of alkyl carbamates (subject to hydrolysis) is 1. The molecule has 1 amide bonds. The Hall–Kier alpha value is -2.91. The number of ether oxygens (including phenoxy) is 2. The molecule has 4 nitrogen and oxygen atoms in total. The van der Waals surface area contributed by atoms with Gasteiger partial charge in [0.1, 0.15) is 11.9 Å². The fourth-order valence-electron chi connectivity index (χ4n) is 6.05. The second-order valence-electron chi connectivity index (χ2n) is 12.3. The minimum absolute atomic E-state index is 0.0793. The summed E-state index contributed by atoms with van der Waals surface area (Å²) in [7, 11) is 0. The summed E-state index contributed by atoms with van der Waals surface area (Å²) in [6.07, 6.45) is -9.69. The van der Waals surface area contributed by atoms with Crippen LogP contribution in [-0.2, 0) is 16.6 Å². The Balaban J connectivity index is 1.81. The minimum Gasteiger partial charge on any atom is -0.493 e. The molecule has 228 valence electrons. The molecule has 1 N–H and O–H groups in total. The lowest BCUT2D eigenvalue weighted by Crippen LogP contribution is -2.54. The normalized spacial score (nSPS) is 17.4. The lowest BCUT2D eigenvalue weighted by molar-refractivity contribution is -0.288. The molecule has 0 spiro atoms. The van der Waals surface area contributed by atoms with Gasteiger partial charge in [0, 0.05) is 0 Å². The van der Waals surface area contributed by atoms with Crippen molar-refractivity contribution in [2.24, 2.45) is 17.3 Å². The van der Waals surface area contributed by atoms with Crippen LogP contribution in [-0.4, -0.2) is 37.7 Å². The number of carbonyl (C=O) groups is 1. The molecule has 2 unspecified atom stereocenters. The van der Waals surface area contributed by atoms with E-state index in [4.69, 9.17) is 9.47 Å². The van der Waals surface area contributed by atoms with Gasteiger partial charge in [-0.1, -0.05) is 71.0 Å². The topological polar surface area (TPSA) is 47.6 Å². The minimum atomic E-state index is -5.67. The number of cyclic esters (lactones) is 1. The summed E-state index contributed by atoms with van der Waals surface area (Å²) in [5.74, 6) is 0.877. The number of benzene rings is 2. The standard InChI is InChI=1S/C31H39F6NO3/c1-20(2)16-28(4,5)17-21(3)19-40-25-14-11-24(12-15-25)29(30(32,33)34,31(35,36)37)23-9-6-22(7-10-23)8-13-26-18-38-27(39)41-26/h6-7,9-12,14-15,20-21,26H,8,13,16-19H2,1-5H3,(H,38,39). The van der Waals surface area contributed by atoms with E-state index in [1.807, 2.05) is 6.92 Å². The van der Waals surface area contributed by atoms with E-state index in [1.165, 1.54) is 24.3 Å². The van der Waals surface area contributed by atoms with Crippen LogP contribution in [0.15, 0.2) is 48.5 Å². The molecule has 2 aromatic carbocycles. The maximum atomic E-state index is 14.5. The van der Waals surface area contributed by atoms with Gasteiger partial charge in [-0.15, -0.1) is 0 Å². The van der Waals surface area contributed by atoms with E-state index in [0.717, 1.165) is 37.1 Å². The summed E-state index contributed by atoms with van der Waals surface area (Å²) in [6, 6.07) is 8.28. The van der Waals surface area contributed by atoms with Crippen LogP contribution in [0.1, 0.15) is 70.6 Å². The zero-order chi connectivity index (χ0) is 30.6. The molecule has 0 saturated carbocycles. The maximum Gasteiger partial charge on any atom is 0.411 e. The number of alkyl halides is 6. The fourth-order valence-corrected chi connectivity index (χ4v) is 6.05. The van der Waals surface area contributed by atoms with Gasteiger partial charge in [-0.05, 0) is 71.8 Å². The van der Waals surface area contributed by atoms with Crippen molar-refractivity contribution in [3.63, 3.8) is 0 Å². The Morgan fingerprint density at radius 1 is 0.878 bits per heavy atom. The van der Waals surface area contributed by atoms with Crippen molar-refractivity contribution >= 4 is 6.09 Å². The van der Waals surface area contributed by atoms with Gasteiger partial charge in [0.2, 0.25) is 5.41 Å². The fraction of sp³-hybridized carbons (Fsp3) is 0.581. The average molecular weight is 588 g/mol. The molecule has 2 aromatic rings. The second kappa shape index (κ2) is 12.5. The van der Waals surface area contributed by atoms with Gasteiger partial charge in [-0.3, -0.25) is 0 Å². The van der Waals surface area contributed by atoms with E-state index >= 15 is 0 Å². The highest BCUT2D eigenvalue weighted by molar-refractivity contribution is 5.69. The Morgan fingerprint density at radius 2 is 1.41 bits per heavy atom. The van der Waals surface area contributed by atoms with E-state index in [9.17, 15) is 31.1 Å². The highest BCUT2D eigenvalue weighted by Gasteiger charge is 2.72. The van der Waals surface area contributed by atoms with Crippen molar-refractivity contribution in [1.82, 2.24) is 5.32 Å². The molecule has 1 fully saturated rings. The molecule has 1 aliphatic rings. The molecule has 0 aliphatic carbocycles. The SMILES string of the molecule is CC(C)CC(C)(C)CC(C)COc1ccc(C(c2ccc(CCC3CNC(=O)O3)cc2)(C(F)(F)F)C(F)(F)F)cc1. The first-order valence-corrected chi connectivity index (χ1v) is 13.9. The molecule has 1 heterocycles. The molecule has 10 heteroatoms. The quantitative estimate of drug-likeness (QED) is 0.253. The summed E-state index contributed by atoms with van der Waals surface area (Å²) in [5.41, 5.74) is -5.48. The summed E-state index contributed by atoms with van der Waals surface area (Å²) < 4.78 is 97.9. The number of aryl methyl sites for hydroxylation is 1. The highest BCUT2D eigenvalue weighted by atomic mass is 19.4. The third kappa shape index (κ3) is 7.89. The lowest BCUT2D eigenvalue weighted by atomic mass is 9.72. The van der Waals surface area contributed by atoms with E-state index < -0.39 is 41.1 Å². The van der Waals surface area contributed by atoms with E-state index in [1.54, 1.807) is 0 Å². The molecule has 41 heavy (non-hydrogen) atoms. The average Bonchev–Trinajstić information content (AvgIpc) is 3.25. The zero-order valence-corrected chi connectivity index (χ0v) is 24.1. The van der Waals surface area contributed by atoms with Crippen molar-refractivity contribution in [2.45, 2.75) is 84.2 Å². The smallest absolute Gasteiger partial charge is 0.411 e.